The van der Waals surface area contributed by atoms with Crippen LogP contribution >= 0.6 is 23.4 Å². The van der Waals surface area contributed by atoms with Gasteiger partial charge in [0.25, 0.3) is 11.1 Å². The van der Waals surface area contributed by atoms with Crippen LogP contribution in [-0.2, 0) is 4.79 Å². The third-order valence-electron chi connectivity index (χ3n) is 2.55. The lowest BCUT2D eigenvalue weighted by molar-refractivity contribution is -0.121. The Hall–Kier alpha value is -1.66. The van der Waals surface area contributed by atoms with Crippen LogP contribution in [-0.4, -0.2) is 35.3 Å². The number of imide groups is 1. The molecule has 1 N–H and O–H groups in total. The van der Waals surface area contributed by atoms with Crippen molar-refractivity contribution in [3.05, 3.63) is 27.6 Å². The molecule has 5 nitrogen and oxygen atoms in total. The first-order valence-corrected chi connectivity index (χ1v) is 6.41. The van der Waals surface area contributed by atoms with Gasteiger partial charge >= 0.3 is 0 Å². The van der Waals surface area contributed by atoms with Crippen LogP contribution in [0.5, 0.6) is 11.5 Å². The van der Waals surface area contributed by atoms with Gasteiger partial charge in [-0.15, -0.1) is 0 Å². The molecule has 1 fully saturated rings. The molecule has 100 valence electrons. The quantitative estimate of drug-likeness (QED) is 0.851. The van der Waals surface area contributed by atoms with Crippen molar-refractivity contribution < 1.29 is 19.4 Å². The van der Waals surface area contributed by atoms with E-state index in [0.717, 1.165) is 16.7 Å². The molecule has 1 heterocycles. The Bertz CT molecular complexity index is 600. The number of halogens is 1. The Balaban J connectivity index is 2.42. The van der Waals surface area contributed by atoms with Gasteiger partial charge in [-0.25, -0.2) is 0 Å². The number of rotatable bonds is 2. The van der Waals surface area contributed by atoms with Crippen LogP contribution in [0.2, 0.25) is 5.02 Å². The number of likely N-dealkylation sites (N-methyl/N-ethyl adjacent to an activating group) is 1. The lowest BCUT2D eigenvalue weighted by Crippen LogP contribution is -2.22. The highest BCUT2D eigenvalue weighted by Crippen LogP contribution is 2.37. The largest absolute Gasteiger partial charge is 0.503 e. The van der Waals surface area contributed by atoms with Gasteiger partial charge in [0, 0.05) is 7.05 Å². The topological polar surface area (TPSA) is 66.8 Å². The molecule has 1 saturated heterocycles. The van der Waals surface area contributed by atoms with Gasteiger partial charge in [-0.2, -0.15) is 0 Å². The van der Waals surface area contributed by atoms with E-state index < -0.39 is 0 Å². The van der Waals surface area contributed by atoms with Crippen molar-refractivity contribution in [1.82, 2.24) is 4.90 Å². The maximum atomic E-state index is 11.7. The standard InChI is InChI=1S/C12H10ClNO4S/c1-14-11(16)9(19-12(14)17)5-6-3-7(13)10(15)8(4-6)18-2/h3-5,15H,1-2H3/b9-5-. The Morgan fingerprint density at radius 3 is 2.63 bits per heavy atom. The van der Waals surface area contributed by atoms with E-state index in [4.69, 9.17) is 16.3 Å². The maximum Gasteiger partial charge on any atom is 0.293 e. The highest BCUT2D eigenvalue weighted by molar-refractivity contribution is 8.18. The monoisotopic (exact) mass is 299 g/mol. The van der Waals surface area contributed by atoms with Crippen LogP contribution in [0.15, 0.2) is 17.0 Å². The molecule has 0 atom stereocenters. The number of carbonyl (C=O) groups is 2. The van der Waals surface area contributed by atoms with Crippen molar-refractivity contribution in [2.24, 2.45) is 0 Å². The average Bonchev–Trinajstić information content (AvgIpc) is 2.61. The number of phenols is 1. The molecule has 1 aromatic rings. The van der Waals surface area contributed by atoms with E-state index in [0.29, 0.717) is 10.5 Å². The van der Waals surface area contributed by atoms with Gasteiger partial charge in [0.1, 0.15) is 0 Å². The highest BCUT2D eigenvalue weighted by Gasteiger charge is 2.31. The maximum absolute atomic E-state index is 11.7. The summed E-state index contributed by atoms with van der Waals surface area (Å²) in [5, 5.41) is 9.39. The smallest absolute Gasteiger partial charge is 0.293 e. The Kier molecular flexibility index (Phi) is 3.73. The zero-order chi connectivity index (χ0) is 14.2. The second-order valence-corrected chi connectivity index (χ2v) is 5.19. The summed E-state index contributed by atoms with van der Waals surface area (Å²) in [7, 11) is 2.82. The van der Waals surface area contributed by atoms with E-state index in [9.17, 15) is 14.7 Å². The number of thioether (sulfide) groups is 1. The predicted octanol–water partition coefficient (Wildman–Crippen LogP) is 2.72. The molecule has 0 saturated carbocycles. The molecular formula is C12H10ClNO4S. The van der Waals surface area contributed by atoms with Gasteiger partial charge in [-0.1, -0.05) is 11.6 Å². The lowest BCUT2D eigenvalue weighted by atomic mass is 10.2. The predicted molar refractivity (Wildman–Crippen MR) is 73.4 cm³/mol. The summed E-state index contributed by atoms with van der Waals surface area (Å²) in [4.78, 5) is 24.4. The van der Waals surface area contributed by atoms with Crippen molar-refractivity contribution in [1.29, 1.82) is 0 Å². The number of methoxy groups -OCH3 is 1. The van der Waals surface area contributed by atoms with Gasteiger partial charge in [0.05, 0.1) is 17.0 Å². The molecular weight excluding hydrogens is 290 g/mol. The zero-order valence-electron chi connectivity index (χ0n) is 10.1. The number of carbonyl (C=O) groups excluding carboxylic acids is 2. The zero-order valence-corrected chi connectivity index (χ0v) is 11.7. The third-order valence-corrected chi connectivity index (χ3v) is 3.80. The third kappa shape index (κ3) is 2.54. The van der Waals surface area contributed by atoms with E-state index in [1.54, 1.807) is 0 Å². The van der Waals surface area contributed by atoms with Crippen molar-refractivity contribution in [2.45, 2.75) is 0 Å². The first kappa shape index (κ1) is 13.8. The first-order valence-electron chi connectivity index (χ1n) is 5.22. The van der Waals surface area contributed by atoms with Gasteiger partial charge < -0.3 is 9.84 Å². The highest BCUT2D eigenvalue weighted by atomic mass is 35.5. The summed E-state index contributed by atoms with van der Waals surface area (Å²) in [6.07, 6.45) is 1.53. The molecule has 7 heteroatoms. The van der Waals surface area contributed by atoms with E-state index in [1.165, 1.54) is 32.4 Å². The first-order chi connectivity index (χ1) is 8.93. The van der Waals surface area contributed by atoms with Gasteiger partial charge in [0.15, 0.2) is 11.5 Å². The summed E-state index contributed by atoms with van der Waals surface area (Å²) in [6, 6.07) is 3.02. The normalized spacial score (nSPS) is 17.4. The van der Waals surface area contributed by atoms with Crippen molar-refractivity contribution in [3.63, 3.8) is 0 Å². The second kappa shape index (κ2) is 5.14. The summed E-state index contributed by atoms with van der Waals surface area (Å²) >= 11 is 6.70. The summed E-state index contributed by atoms with van der Waals surface area (Å²) in [5.41, 5.74) is 0.568. The molecule has 0 radical (unpaired) electrons. The van der Waals surface area contributed by atoms with E-state index in [2.05, 4.69) is 0 Å². The van der Waals surface area contributed by atoms with Gasteiger partial charge in [-0.3, -0.25) is 14.5 Å². The fourth-order valence-corrected chi connectivity index (χ4v) is 2.58. The fourth-order valence-electron chi connectivity index (χ4n) is 1.53. The summed E-state index contributed by atoms with van der Waals surface area (Å²) < 4.78 is 4.97. The van der Waals surface area contributed by atoms with Crippen molar-refractivity contribution in [2.75, 3.05) is 14.2 Å². The number of hydrogen-bond acceptors (Lipinski definition) is 5. The van der Waals surface area contributed by atoms with Crippen LogP contribution in [0, 0.1) is 0 Å². The van der Waals surface area contributed by atoms with Gasteiger partial charge in [-0.05, 0) is 35.5 Å². The minimum Gasteiger partial charge on any atom is -0.503 e. The number of nitrogens with zero attached hydrogens (tertiary/aromatic N) is 1. The number of aromatic hydroxyl groups is 1. The van der Waals surface area contributed by atoms with Crippen molar-refractivity contribution in [3.8, 4) is 11.5 Å². The molecule has 1 aliphatic heterocycles. The SMILES string of the molecule is COc1cc(/C=C2\SC(=O)N(C)C2=O)cc(Cl)c1O. The Labute approximate surface area is 118 Å². The molecule has 19 heavy (non-hydrogen) atoms. The molecule has 0 bridgehead atoms. The number of phenolic OH excluding ortho intramolecular Hbond substituents is 1. The lowest BCUT2D eigenvalue weighted by Gasteiger charge is -2.06. The molecule has 0 aromatic heterocycles. The Morgan fingerprint density at radius 2 is 2.11 bits per heavy atom. The molecule has 0 unspecified atom stereocenters. The molecule has 1 aromatic carbocycles. The molecule has 0 aliphatic carbocycles. The average molecular weight is 300 g/mol. The van der Waals surface area contributed by atoms with Crippen LogP contribution in [0.1, 0.15) is 5.56 Å². The summed E-state index contributed by atoms with van der Waals surface area (Å²) in [5.74, 6) is -0.322. The van der Waals surface area contributed by atoms with E-state index in [-0.39, 0.29) is 27.7 Å². The second-order valence-electron chi connectivity index (χ2n) is 3.79. The van der Waals surface area contributed by atoms with E-state index >= 15 is 0 Å². The fraction of sp³-hybridized carbons (Fsp3) is 0.167. The van der Waals surface area contributed by atoms with Crippen molar-refractivity contribution >= 4 is 40.6 Å². The number of hydrogen-bond donors (Lipinski definition) is 1. The number of ether oxygens (including phenoxy) is 1. The minimum atomic E-state index is -0.363. The van der Waals surface area contributed by atoms with Crippen LogP contribution in [0.3, 0.4) is 0 Å². The molecule has 2 rings (SSSR count). The van der Waals surface area contributed by atoms with Gasteiger partial charge in [0.2, 0.25) is 0 Å². The number of benzene rings is 1. The van der Waals surface area contributed by atoms with Crippen LogP contribution in [0.4, 0.5) is 4.79 Å². The van der Waals surface area contributed by atoms with Crippen LogP contribution < -0.4 is 4.74 Å². The number of amides is 2. The molecule has 2 amide bonds. The minimum absolute atomic E-state index is 0.112. The molecule has 1 aliphatic rings. The van der Waals surface area contributed by atoms with E-state index in [1.807, 2.05) is 0 Å². The molecule has 0 spiro atoms. The van der Waals surface area contributed by atoms with Crippen LogP contribution in [0.25, 0.3) is 6.08 Å². The summed E-state index contributed by atoms with van der Waals surface area (Å²) in [6.45, 7) is 0. The Morgan fingerprint density at radius 1 is 1.42 bits per heavy atom.